The lowest BCUT2D eigenvalue weighted by molar-refractivity contribution is -0.145. The van der Waals surface area contributed by atoms with E-state index in [2.05, 4.69) is 29.3 Å². The maximum atomic E-state index is 12.5. The van der Waals surface area contributed by atoms with Crippen LogP contribution in [0.25, 0.3) is 0 Å². The number of hydrogen-bond donors (Lipinski definition) is 3. The molecule has 0 aliphatic carbocycles. The zero-order valence-electron chi connectivity index (χ0n) is 20.1. The average Bonchev–Trinajstić information content (AvgIpc) is 2.74. The van der Waals surface area contributed by atoms with Gasteiger partial charge in [0.05, 0.1) is 13.2 Å². The van der Waals surface area contributed by atoms with Crippen molar-refractivity contribution in [3.63, 3.8) is 0 Å². The number of esters is 1. The molecule has 0 aromatic heterocycles. The topological polar surface area (TPSA) is 103 Å². The second kappa shape index (κ2) is 14.5. The van der Waals surface area contributed by atoms with Crippen molar-refractivity contribution in [2.45, 2.75) is 83.4 Å². The molecule has 180 valence electrons. The number of methoxy groups -OCH3 is 1. The fourth-order valence-electron chi connectivity index (χ4n) is 3.25. The molecule has 1 aromatic rings. The first-order valence-corrected chi connectivity index (χ1v) is 11.4. The Morgan fingerprint density at radius 1 is 1.06 bits per heavy atom. The van der Waals surface area contributed by atoms with Crippen LogP contribution in [0.1, 0.15) is 64.9 Å². The molecule has 32 heavy (non-hydrogen) atoms. The van der Waals surface area contributed by atoms with E-state index in [0.29, 0.717) is 25.3 Å². The number of nitrogens with one attached hydrogen (secondary N) is 2. The first-order chi connectivity index (χ1) is 15.1. The summed E-state index contributed by atoms with van der Waals surface area (Å²) in [5, 5.41) is 5.88. The molecule has 4 N–H and O–H groups in total. The molecule has 0 fully saturated rings. The van der Waals surface area contributed by atoms with Crippen molar-refractivity contribution in [3.8, 4) is 0 Å². The highest BCUT2D eigenvalue weighted by Gasteiger charge is 2.23. The third-order valence-corrected chi connectivity index (χ3v) is 4.88. The molecule has 0 saturated carbocycles. The first-order valence-electron chi connectivity index (χ1n) is 11.4. The van der Waals surface area contributed by atoms with Gasteiger partial charge in [0.1, 0.15) is 11.6 Å². The van der Waals surface area contributed by atoms with Gasteiger partial charge in [0, 0.05) is 6.54 Å². The van der Waals surface area contributed by atoms with Gasteiger partial charge in [-0.1, -0.05) is 36.8 Å². The van der Waals surface area contributed by atoms with E-state index in [1.54, 1.807) is 0 Å². The molecule has 0 spiro atoms. The van der Waals surface area contributed by atoms with Crippen LogP contribution in [0.15, 0.2) is 42.8 Å². The van der Waals surface area contributed by atoms with Gasteiger partial charge in [0.15, 0.2) is 5.88 Å². The molecular weight excluding hydrogens is 406 g/mol. The third kappa shape index (κ3) is 12.3. The molecule has 7 nitrogen and oxygen atoms in total. The minimum atomic E-state index is -0.672. The van der Waals surface area contributed by atoms with Crippen molar-refractivity contribution >= 4 is 11.9 Å². The normalized spacial score (nSPS) is 13.0. The molecule has 1 rings (SSSR count). The summed E-state index contributed by atoms with van der Waals surface area (Å²) in [6.07, 6.45) is 5.31. The van der Waals surface area contributed by atoms with Gasteiger partial charge >= 0.3 is 5.97 Å². The lowest BCUT2D eigenvalue weighted by atomic mass is 10.0. The molecule has 0 aliphatic heterocycles. The van der Waals surface area contributed by atoms with E-state index < -0.39 is 18.1 Å². The standard InChI is InChI=1S/C25H41N3O4/c1-19(32-25(2,3)4)27-18-12-11-16-21(26)23(29)28-22(24(30)31-5)17-10-9-15-20-13-7-6-8-14-20/h6-8,13-14,21-22,27H,1,9-12,15-18,26H2,2-5H3,(H,28,29)/t21-,22-/m0/s1. The predicted molar refractivity (Wildman–Crippen MR) is 128 cm³/mol. The summed E-state index contributed by atoms with van der Waals surface area (Å²) in [7, 11) is 1.33. The van der Waals surface area contributed by atoms with Crippen LogP contribution < -0.4 is 16.4 Å². The van der Waals surface area contributed by atoms with Crippen LogP contribution in [0, 0.1) is 0 Å². The SMILES string of the molecule is C=C(NCCCC[C@H](N)C(=O)N[C@@H](CCCCc1ccccc1)C(=O)OC)OC(C)(C)C. The minimum Gasteiger partial charge on any atom is -0.474 e. The molecular formula is C25H41N3O4. The predicted octanol–water partition coefficient (Wildman–Crippen LogP) is 3.43. The summed E-state index contributed by atoms with van der Waals surface area (Å²) in [6, 6.07) is 8.85. The second-order valence-electron chi connectivity index (χ2n) is 8.98. The molecule has 2 atom stereocenters. The summed E-state index contributed by atoms with van der Waals surface area (Å²) in [5.41, 5.74) is 7.01. The fraction of sp³-hybridized carbons (Fsp3) is 0.600. The lowest BCUT2D eigenvalue weighted by Gasteiger charge is -2.23. The molecule has 0 aliphatic rings. The number of benzene rings is 1. The summed E-state index contributed by atoms with van der Waals surface area (Å²) < 4.78 is 10.5. The minimum absolute atomic E-state index is 0.289. The van der Waals surface area contributed by atoms with Gasteiger partial charge in [-0.05, 0) is 71.4 Å². The van der Waals surface area contributed by atoms with Crippen LogP contribution in [0.5, 0.6) is 0 Å². The Labute approximate surface area is 193 Å². The van der Waals surface area contributed by atoms with Crippen molar-refractivity contribution in [1.29, 1.82) is 0 Å². The largest absolute Gasteiger partial charge is 0.474 e. The van der Waals surface area contributed by atoms with Crippen molar-refractivity contribution in [2.75, 3.05) is 13.7 Å². The number of hydrogen-bond acceptors (Lipinski definition) is 6. The maximum Gasteiger partial charge on any atom is 0.328 e. The molecule has 1 aromatic carbocycles. The molecule has 0 saturated heterocycles. The summed E-state index contributed by atoms with van der Waals surface area (Å²) in [6.45, 7) is 10.4. The summed E-state index contributed by atoms with van der Waals surface area (Å²) in [4.78, 5) is 24.6. The number of carbonyl (C=O) groups is 2. The lowest BCUT2D eigenvalue weighted by Crippen LogP contribution is -2.48. The zero-order valence-corrected chi connectivity index (χ0v) is 20.1. The van der Waals surface area contributed by atoms with Gasteiger partial charge in [-0.3, -0.25) is 4.79 Å². The number of amides is 1. The average molecular weight is 448 g/mol. The maximum absolute atomic E-state index is 12.5. The monoisotopic (exact) mass is 447 g/mol. The quantitative estimate of drug-likeness (QED) is 0.216. The Hall–Kier alpha value is -2.54. The van der Waals surface area contributed by atoms with E-state index in [4.69, 9.17) is 15.2 Å². The van der Waals surface area contributed by atoms with Gasteiger partial charge in [0.25, 0.3) is 0 Å². The Morgan fingerprint density at radius 2 is 1.72 bits per heavy atom. The van der Waals surface area contributed by atoms with Crippen LogP contribution in [0.3, 0.4) is 0 Å². The zero-order chi connectivity index (χ0) is 24.0. The molecule has 0 unspecified atom stereocenters. The van der Waals surface area contributed by atoms with E-state index in [9.17, 15) is 9.59 Å². The van der Waals surface area contributed by atoms with E-state index >= 15 is 0 Å². The number of nitrogens with two attached hydrogens (primary N) is 1. The molecule has 7 heteroatoms. The highest BCUT2D eigenvalue weighted by molar-refractivity contribution is 5.87. The second-order valence-corrected chi connectivity index (χ2v) is 8.98. The molecule has 1 amide bonds. The fourth-order valence-corrected chi connectivity index (χ4v) is 3.25. The number of unbranched alkanes of at least 4 members (excludes halogenated alkanes) is 2. The Bertz CT molecular complexity index is 701. The van der Waals surface area contributed by atoms with Crippen LogP contribution in [-0.2, 0) is 25.5 Å². The molecule has 0 bridgehead atoms. The third-order valence-electron chi connectivity index (χ3n) is 4.88. The number of carbonyl (C=O) groups excluding carboxylic acids is 2. The first kappa shape index (κ1) is 27.5. The number of rotatable bonds is 15. The highest BCUT2D eigenvalue weighted by Crippen LogP contribution is 2.11. The van der Waals surface area contributed by atoms with Crippen molar-refractivity contribution in [1.82, 2.24) is 10.6 Å². The van der Waals surface area contributed by atoms with E-state index in [0.717, 1.165) is 32.1 Å². The summed E-state index contributed by atoms with van der Waals surface area (Å²) in [5.74, 6) is -0.226. The Morgan fingerprint density at radius 3 is 2.34 bits per heavy atom. The van der Waals surface area contributed by atoms with Gasteiger partial charge in [-0.2, -0.15) is 0 Å². The van der Waals surface area contributed by atoms with Crippen molar-refractivity contribution in [2.24, 2.45) is 5.73 Å². The van der Waals surface area contributed by atoms with Gasteiger partial charge in [0.2, 0.25) is 5.91 Å². The number of aryl methyl sites for hydroxylation is 1. The Balaban J connectivity index is 2.31. The smallest absolute Gasteiger partial charge is 0.328 e. The van der Waals surface area contributed by atoms with Crippen LogP contribution in [0.2, 0.25) is 0 Å². The number of ether oxygens (including phenoxy) is 2. The van der Waals surface area contributed by atoms with Gasteiger partial charge < -0.3 is 25.8 Å². The molecule has 0 radical (unpaired) electrons. The Kier molecular flexibility index (Phi) is 12.5. The van der Waals surface area contributed by atoms with Crippen molar-refractivity contribution in [3.05, 3.63) is 48.4 Å². The summed E-state index contributed by atoms with van der Waals surface area (Å²) >= 11 is 0. The highest BCUT2D eigenvalue weighted by atomic mass is 16.5. The van der Waals surface area contributed by atoms with E-state index in [1.807, 2.05) is 39.0 Å². The van der Waals surface area contributed by atoms with Gasteiger partial charge in [-0.25, -0.2) is 4.79 Å². The van der Waals surface area contributed by atoms with Crippen LogP contribution >= 0.6 is 0 Å². The van der Waals surface area contributed by atoms with E-state index in [-0.39, 0.29) is 11.5 Å². The van der Waals surface area contributed by atoms with E-state index in [1.165, 1.54) is 12.7 Å². The van der Waals surface area contributed by atoms with Crippen LogP contribution in [0.4, 0.5) is 0 Å². The van der Waals surface area contributed by atoms with Crippen LogP contribution in [-0.4, -0.2) is 43.2 Å². The van der Waals surface area contributed by atoms with Gasteiger partial charge in [-0.15, -0.1) is 0 Å². The molecule has 0 heterocycles. The van der Waals surface area contributed by atoms with Crippen molar-refractivity contribution < 1.29 is 19.1 Å².